The zero-order valence-electron chi connectivity index (χ0n) is 12.5. The number of nitrogens with one attached hydrogen (secondary N) is 1. The van der Waals surface area contributed by atoms with Crippen LogP contribution in [-0.4, -0.2) is 41.7 Å². The minimum absolute atomic E-state index is 0.0909. The minimum Gasteiger partial charge on any atom is -0.495 e. The third-order valence-electron chi connectivity index (χ3n) is 3.50. The first kappa shape index (κ1) is 17.0. The van der Waals surface area contributed by atoms with E-state index in [9.17, 15) is 14.9 Å². The van der Waals surface area contributed by atoms with Crippen LogP contribution in [0.5, 0.6) is 5.75 Å². The van der Waals surface area contributed by atoms with E-state index in [0.29, 0.717) is 10.6 Å². The van der Waals surface area contributed by atoms with Gasteiger partial charge in [-0.2, -0.15) is 11.8 Å². The topological polar surface area (TPSA) is 81.5 Å². The number of hydrogen-bond acceptors (Lipinski definition) is 6. The lowest BCUT2D eigenvalue weighted by Crippen LogP contribution is -2.37. The maximum absolute atomic E-state index is 12.4. The highest BCUT2D eigenvalue weighted by Crippen LogP contribution is 2.34. The van der Waals surface area contributed by atoms with Crippen molar-refractivity contribution in [3.05, 3.63) is 27.8 Å². The molecule has 0 radical (unpaired) electrons. The highest BCUT2D eigenvalue weighted by atomic mass is 32.2. The van der Waals surface area contributed by atoms with E-state index in [1.165, 1.54) is 31.0 Å². The molecule has 0 bridgehead atoms. The number of nitro benzene ring substituents is 1. The van der Waals surface area contributed by atoms with E-state index in [1.54, 1.807) is 0 Å². The van der Waals surface area contributed by atoms with Crippen LogP contribution in [0.25, 0.3) is 0 Å². The lowest BCUT2D eigenvalue weighted by atomic mass is 10.1. The molecule has 8 heteroatoms. The number of hydrogen-bond donors (Lipinski definition) is 1. The predicted molar refractivity (Wildman–Crippen MR) is 89.2 cm³/mol. The summed E-state index contributed by atoms with van der Waals surface area (Å²) < 4.78 is 5.15. The van der Waals surface area contributed by atoms with Crippen molar-refractivity contribution in [2.75, 3.05) is 24.9 Å². The molecule has 1 heterocycles. The molecule has 1 N–H and O–H groups in total. The minimum atomic E-state index is -0.543. The van der Waals surface area contributed by atoms with Gasteiger partial charge >= 0.3 is 0 Å². The third-order valence-corrected chi connectivity index (χ3v) is 5.31. The average molecular weight is 342 g/mol. The van der Waals surface area contributed by atoms with Gasteiger partial charge in [0.2, 0.25) is 0 Å². The number of carbonyl (C=O) groups is 1. The van der Waals surface area contributed by atoms with E-state index < -0.39 is 4.92 Å². The predicted octanol–water partition coefficient (Wildman–Crippen LogP) is 2.95. The fourth-order valence-electron chi connectivity index (χ4n) is 2.31. The maximum atomic E-state index is 12.4. The lowest BCUT2D eigenvalue weighted by molar-refractivity contribution is -0.385. The summed E-state index contributed by atoms with van der Waals surface area (Å²) in [4.78, 5) is 23.8. The van der Waals surface area contributed by atoms with Crippen LogP contribution in [-0.2, 0) is 0 Å². The second kappa shape index (κ2) is 7.73. The number of benzene rings is 1. The molecule has 0 spiro atoms. The quantitative estimate of drug-likeness (QED) is 0.503. The van der Waals surface area contributed by atoms with Crippen LogP contribution < -0.4 is 10.1 Å². The summed E-state index contributed by atoms with van der Waals surface area (Å²) >= 11 is 3.25. The normalized spacial score (nSPS) is 15.4. The molecular weight excluding hydrogens is 324 g/mol. The van der Waals surface area contributed by atoms with Crippen LogP contribution in [0.2, 0.25) is 0 Å². The number of nitro groups is 1. The van der Waals surface area contributed by atoms with Crippen LogP contribution in [0.15, 0.2) is 17.0 Å². The van der Waals surface area contributed by atoms with Gasteiger partial charge in [0.05, 0.1) is 23.0 Å². The molecule has 1 saturated heterocycles. The number of thioether (sulfide) groups is 2. The van der Waals surface area contributed by atoms with Crippen molar-refractivity contribution in [3.63, 3.8) is 0 Å². The maximum Gasteiger partial charge on any atom is 0.285 e. The molecule has 22 heavy (non-hydrogen) atoms. The molecule has 1 aliphatic heterocycles. The molecule has 1 amide bonds. The number of methoxy groups -OCH3 is 1. The second-order valence-electron chi connectivity index (χ2n) is 4.84. The van der Waals surface area contributed by atoms with Crippen molar-refractivity contribution in [1.82, 2.24) is 5.32 Å². The molecule has 1 aromatic carbocycles. The van der Waals surface area contributed by atoms with Gasteiger partial charge in [-0.05, 0) is 36.7 Å². The van der Waals surface area contributed by atoms with Crippen molar-refractivity contribution in [1.29, 1.82) is 0 Å². The van der Waals surface area contributed by atoms with Gasteiger partial charge in [0.25, 0.3) is 11.6 Å². The molecule has 120 valence electrons. The number of rotatable bonds is 5. The molecule has 0 saturated carbocycles. The van der Waals surface area contributed by atoms with Gasteiger partial charge in [0.15, 0.2) is 0 Å². The van der Waals surface area contributed by atoms with Gasteiger partial charge in [-0.25, -0.2) is 0 Å². The van der Waals surface area contributed by atoms with Gasteiger partial charge < -0.3 is 10.1 Å². The van der Waals surface area contributed by atoms with E-state index in [4.69, 9.17) is 4.74 Å². The Bertz CT molecular complexity index is 574. The first-order valence-electron chi connectivity index (χ1n) is 6.85. The van der Waals surface area contributed by atoms with E-state index in [0.717, 1.165) is 24.3 Å². The van der Waals surface area contributed by atoms with Gasteiger partial charge in [-0.1, -0.05) is 0 Å². The molecule has 1 aromatic rings. The molecular formula is C14H18N2O4S2. The Kier molecular flexibility index (Phi) is 5.96. The van der Waals surface area contributed by atoms with E-state index in [-0.39, 0.29) is 23.2 Å². The number of nitrogens with zero attached hydrogens (tertiary/aromatic N) is 1. The SMILES string of the molecule is COc1cc([N+](=O)[O-])c(C(=O)NC2CCSCC2)cc1SC. The summed E-state index contributed by atoms with van der Waals surface area (Å²) in [6.07, 6.45) is 3.63. The van der Waals surface area contributed by atoms with E-state index in [2.05, 4.69) is 5.32 Å². The zero-order valence-corrected chi connectivity index (χ0v) is 14.1. The van der Waals surface area contributed by atoms with Crippen molar-refractivity contribution >= 4 is 35.1 Å². The van der Waals surface area contributed by atoms with E-state index in [1.807, 2.05) is 18.0 Å². The smallest absolute Gasteiger partial charge is 0.285 e. The molecule has 2 rings (SSSR count). The van der Waals surface area contributed by atoms with Crippen LogP contribution in [0, 0.1) is 10.1 Å². The number of carbonyl (C=O) groups excluding carboxylic acids is 1. The highest BCUT2D eigenvalue weighted by molar-refractivity contribution is 7.99. The Morgan fingerprint density at radius 3 is 2.68 bits per heavy atom. The first-order chi connectivity index (χ1) is 10.6. The lowest BCUT2D eigenvalue weighted by Gasteiger charge is -2.22. The average Bonchev–Trinajstić information content (AvgIpc) is 2.54. The standard InChI is InChI=1S/C14H18N2O4S2/c1-20-12-8-11(16(18)19)10(7-13(12)21-2)14(17)15-9-3-5-22-6-4-9/h7-9H,3-6H2,1-2H3,(H,15,17). The Labute approximate surface area is 137 Å². The second-order valence-corrected chi connectivity index (χ2v) is 6.91. The van der Waals surface area contributed by atoms with E-state index >= 15 is 0 Å². The Morgan fingerprint density at radius 1 is 1.45 bits per heavy atom. The monoisotopic (exact) mass is 342 g/mol. The van der Waals surface area contributed by atoms with Crippen molar-refractivity contribution in [2.45, 2.75) is 23.8 Å². The Hall–Kier alpha value is -1.41. The van der Waals surface area contributed by atoms with Gasteiger partial charge in [0.1, 0.15) is 11.3 Å². The fraction of sp³-hybridized carbons (Fsp3) is 0.500. The molecule has 0 unspecified atom stereocenters. The van der Waals surface area contributed by atoms with Crippen molar-refractivity contribution in [3.8, 4) is 5.75 Å². The Morgan fingerprint density at radius 2 is 2.14 bits per heavy atom. The summed E-state index contributed by atoms with van der Waals surface area (Å²) in [6.45, 7) is 0. The zero-order chi connectivity index (χ0) is 16.1. The first-order valence-corrected chi connectivity index (χ1v) is 9.23. The van der Waals surface area contributed by atoms with Crippen LogP contribution >= 0.6 is 23.5 Å². The molecule has 6 nitrogen and oxygen atoms in total. The highest BCUT2D eigenvalue weighted by Gasteiger charge is 2.26. The molecule has 1 aliphatic rings. The van der Waals surface area contributed by atoms with Crippen LogP contribution in [0.3, 0.4) is 0 Å². The molecule has 0 atom stereocenters. The number of ether oxygens (including phenoxy) is 1. The molecule has 0 aromatic heterocycles. The summed E-state index contributed by atoms with van der Waals surface area (Å²) in [6, 6.07) is 2.94. The summed E-state index contributed by atoms with van der Waals surface area (Å²) in [5.74, 6) is 2.03. The molecule has 0 aliphatic carbocycles. The third kappa shape index (κ3) is 3.86. The van der Waals surface area contributed by atoms with Crippen LogP contribution in [0.4, 0.5) is 5.69 Å². The van der Waals surface area contributed by atoms with Gasteiger partial charge in [-0.15, -0.1) is 11.8 Å². The number of amides is 1. The van der Waals surface area contributed by atoms with Gasteiger partial charge in [-0.3, -0.25) is 14.9 Å². The largest absolute Gasteiger partial charge is 0.495 e. The van der Waals surface area contributed by atoms with Crippen molar-refractivity contribution in [2.24, 2.45) is 0 Å². The fourth-order valence-corrected chi connectivity index (χ4v) is 3.99. The van der Waals surface area contributed by atoms with Gasteiger partial charge in [0, 0.05) is 6.04 Å². The summed E-state index contributed by atoms with van der Waals surface area (Å²) in [7, 11) is 1.46. The van der Waals surface area contributed by atoms with Crippen molar-refractivity contribution < 1.29 is 14.5 Å². The molecule has 1 fully saturated rings. The van der Waals surface area contributed by atoms with Crippen LogP contribution in [0.1, 0.15) is 23.2 Å². The summed E-state index contributed by atoms with van der Waals surface area (Å²) in [5.41, 5.74) is -0.134. The summed E-state index contributed by atoms with van der Waals surface area (Å²) in [5, 5.41) is 14.2. The Balaban J connectivity index is 2.30.